The molecule has 0 aliphatic carbocycles. The van der Waals surface area contributed by atoms with Crippen molar-refractivity contribution < 1.29 is 60.0 Å². The van der Waals surface area contributed by atoms with Crippen molar-refractivity contribution in [3.8, 4) is 11.5 Å². The zero-order valence-electron chi connectivity index (χ0n) is 22.7. The Hall–Kier alpha value is -3.72. The molecule has 1 unspecified atom stereocenters. The van der Waals surface area contributed by atoms with Crippen LogP contribution in [0.4, 0.5) is 36.8 Å². The molecular weight excluding hydrogens is 578 g/mol. The summed E-state index contributed by atoms with van der Waals surface area (Å²) >= 11 is 0. The number of nitrogens with one attached hydrogen (secondary N) is 1. The summed E-state index contributed by atoms with van der Waals surface area (Å²) in [4.78, 5) is 25.4. The minimum absolute atomic E-state index is 0.00982. The second-order valence-corrected chi connectivity index (χ2v) is 8.80. The molecule has 2 aromatic carbocycles. The molecule has 2 aromatic rings. The number of carboxylic acids is 1. The molecule has 234 valence electrons. The summed E-state index contributed by atoms with van der Waals surface area (Å²) in [6.07, 6.45) is -11.2. The number of carbonyl (C=O) groups is 2. The van der Waals surface area contributed by atoms with Gasteiger partial charge in [0, 0.05) is 38.3 Å². The van der Waals surface area contributed by atoms with Crippen molar-refractivity contribution in [1.82, 2.24) is 4.90 Å². The summed E-state index contributed by atoms with van der Waals surface area (Å²) in [5, 5.41) is 11.8. The van der Waals surface area contributed by atoms with Crippen molar-refractivity contribution in [3.05, 3.63) is 54.1 Å². The normalized spacial score (nSPS) is 12.5. The van der Waals surface area contributed by atoms with Gasteiger partial charge in [-0.15, -0.1) is 13.2 Å². The van der Waals surface area contributed by atoms with Crippen LogP contribution in [0.1, 0.15) is 25.3 Å². The Morgan fingerprint density at radius 2 is 1.52 bits per heavy atom. The number of hydrogen-bond acceptors (Lipinski definition) is 6. The number of ether oxygens (including phenoxy) is 4. The van der Waals surface area contributed by atoms with Crippen LogP contribution < -0.4 is 14.8 Å². The fourth-order valence-corrected chi connectivity index (χ4v) is 3.54. The number of alkyl halides is 6. The Labute approximate surface area is 238 Å². The van der Waals surface area contributed by atoms with Gasteiger partial charge >= 0.3 is 24.5 Å². The number of anilines is 1. The maximum atomic E-state index is 12.9. The fourth-order valence-electron chi connectivity index (χ4n) is 3.54. The van der Waals surface area contributed by atoms with Crippen molar-refractivity contribution in [2.45, 2.75) is 44.8 Å². The molecule has 0 spiro atoms. The standard InChI is InChI=1S/C27H32F6N2O7/c1-2-40-23(24(36)37)18-19-4-8-21(9-5-19)41-17-14-35(13-16-39-15-3-12-26(28,29)30)25(38)34-20-6-10-22(11-7-20)42-27(31,32)33/h4-11,23H,2-3,12-18H2,1H3,(H,34,38)(H,36,37). The lowest BCUT2D eigenvalue weighted by atomic mass is 10.1. The summed E-state index contributed by atoms with van der Waals surface area (Å²) in [6.45, 7) is 1.74. The van der Waals surface area contributed by atoms with Crippen LogP contribution in [-0.2, 0) is 20.7 Å². The zero-order chi connectivity index (χ0) is 31.2. The molecule has 42 heavy (non-hydrogen) atoms. The van der Waals surface area contributed by atoms with Gasteiger partial charge in [0.05, 0.1) is 13.2 Å². The van der Waals surface area contributed by atoms with Gasteiger partial charge in [-0.3, -0.25) is 0 Å². The molecule has 0 aromatic heterocycles. The fraction of sp³-hybridized carbons (Fsp3) is 0.481. The maximum absolute atomic E-state index is 12.9. The van der Waals surface area contributed by atoms with Gasteiger partial charge in [-0.25, -0.2) is 9.59 Å². The number of amides is 2. The molecular formula is C27H32F6N2O7. The number of halogens is 6. The smallest absolute Gasteiger partial charge is 0.492 e. The SMILES string of the molecule is CCOC(Cc1ccc(OCCN(CCOCCCC(F)(F)F)C(=O)Nc2ccc(OC(F)(F)F)cc2)cc1)C(=O)O. The van der Waals surface area contributed by atoms with Crippen molar-refractivity contribution in [1.29, 1.82) is 0 Å². The van der Waals surface area contributed by atoms with Gasteiger partial charge in [0.2, 0.25) is 0 Å². The Morgan fingerprint density at radius 1 is 0.905 bits per heavy atom. The lowest BCUT2D eigenvalue weighted by Crippen LogP contribution is -2.40. The number of urea groups is 1. The van der Waals surface area contributed by atoms with Crippen LogP contribution in [0, 0.1) is 0 Å². The maximum Gasteiger partial charge on any atom is 0.573 e. The Morgan fingerprint density at radius 3 is 2.10 bits per heavy atom. The summed E-state index contributed by atoms with van der Waals surface area (Å²) in [7, 11) is 0. The number of rotatable bonds is 17. The van der Waals surface area contributed by atoms with Gasteiger partial charge in [-0.05, 0) is 55.3 Å². The van der Waals surface area contributed by atoms with E-state index in [1.807, 2.05) is 0 Å². The van der Waals surface area contributed by atoms with Crippen LogP contribution in [0.25, 0.3) is 0 Å². The minimum atomic E-state index is -4.87. The lowest BCUT2D eigenvalue weighted by Gasteiger charge is -2.23. The predicted octanol–water partition coefficient (Wildman–Crippen LogP) is 5.89. The van der Waals surface area contributed by atoms with Crippen LogP contribution >= 0.6 is 0 Å². The van der Waals surface area contributed by atoms with E-state index in [2.05, 4.69) is 10.1 Å². The van der Waals surface area contributed by atoms with Gasteiger partial charge in [0.25, 0.3) is 0 Å². The first-order valence-corrected chi connectivity index (χ1v) is 12.9. The molecule has 2 N–H and O–H groups in total. The largest absolute Gasteiger partial charge is 0.573 e. The summed E-state index contributed by atoms with van der Waals surface area (Å²) < 4.78 is 94.0. The molecule has 1 atom stereocenters. The number of benzene rings is 2. The minimum Gasteiger partial charge on any atom is -0.492 e. The number of carboxylic acid groups (broad SMARTS) is 1. The molecule has 0 saturated carbocycles. The van der Waals surface area contributed by atoms with E-state index in [-0.39, 0.29) is 58.0 Å². The van der Waals surface area contributed by atoms with Gasteiger partial charge in [-0.2, -0.15) is 13.2 Å². The van der Waals surface area contributed by atoms with Gasteiger partial charge in [0.1, 0.15) is 18.1 Å². The summed E-state index contributed by atoms with van der Waals surface area (Å²) in [6, 6.07) is 10.4. The average Bonchev–Trinajstić information content (AvgIpc) is 2.89. The molecule has 2 amide bonds. The Kier molecular flexibility index (Phi) is 13.7. The first-order chi connectivity index (χ1) is 19.8. The summed E-state index contributed by atoms with van der Waals surface area (Å²) in [5.41, 5.74) is 0.882. The second kappa shape index (κ2) is 16.7. The highest BCUT2D eigenvalue weighted by Gasteiger charge is 2.31. The monoisotopic (exact) mass is 610 g/mol. The third-order valence-electron chi connectivity index (χ3n) is 5.50. The molecule has 0 heterocycles. The summed E-state index contributed by atoms with van der Waals surface area (Å²) in [5.74, 6) is -1.11. The van der Waals surface area contributed by atoms with E-state index in [9.17, 15) is 41.0 Å². The molecule has 0 aliphatic rings. The first-order valence-electron chi connectivity index (χ1n) is 12.9. The third-order valence-corrected chi connectivity index (χ3v) is 5.50. The van der Waals surface area contributed by atoms with E-state index in [1.165, 1.54) is 17.0 Å². The first kappa shape index (κ1) is 34.5. The third kappa shape index (κ3) is 14.3. The number of hydrogen-bond donors (Lipinski definition) is 2. The van der Waals surface area contributed by atoms with Gasteiger partial charge < -0.3 is 34.3 Å². The van der Waals surface area contributed by atoms with Crippen molar-refractivity contribution in [2.24, 2.45) is 0 Å². The zero-order valence-corrected chi connectivity index (χ0v) is 22.7. The number of nitrogens with zero attached hydrogens (tertiary/aromatic N) is 1. The van der Waals surface area contributed by atoms with Crippen LogP contribution in [0.5, 0.6) is 11.5 Å². The predicted molar refractivity (Wildman–Crippen MR) is 139 cm³/mol. The molecule has 15 heteroatoms. The van der Waals surface area contributed by atoms with E-state index in [0.29, 0.717) is 11.3 Å². The van der Waals surface area contributed by atoms with E-state index in [0.717, 1.165) is 12.1 Å². The number of carbonyl (C=O) groups excluding carboxylic acids is 1. The van der Waals surface area contributed by atoms with Crippen molar-refractivity contribution in [3.63, 3.8) is 0 Å². The molecule has 9 nitrogen and oxygen atoms in total. The molecule has 0 fully saturated rings. The highest BCUT2D eigenvalue weighted by molar-refractivity contribution is 5.89. The van der Waals surface area contributed by atoms with E-state index in [4.69, 9.17) is 14.2 Å². The van der Waals surface area contributed by atoms with Crippen LogP contribution in [0.2, 0.25) is 0 Å². The Balaban J connectivity index is 1.94. The second-order valence-electron chi connectivity index (χ2n) is 8.80. The molecule has 0 bridgehead atoms. The highest BCUT2D eigenvalue weighted by atomic mass is 19.4. The van der Waals surface area contributed by atoms with E-state index in [1.54, 1.807) is 31.2 Å². The quantitative estimate of drug-likeness (QED) is 0.170. The number of aliphatic carboxylic acids is 1. The molecule has 0 radical (unpaired) electrons. The topological polar surface area (TPSA) is 107 Å². The van der Waals surface area contributed by atoms with Gasteiger partial charge in [-0.1, -0.05) is 12.1 Å². The molecule has 2 rings (SSSR count). The average molecular weight is 611 g/mol. The van der Waals surface area contributed by atoms with Crippen LogP contribution in [0.3, 0.4) is 0 Å². The van der Waals surface area contributed by atoms with E-state index >= 15 is 0 Å². The molecule has 0 saturated heterocycles. The highest BCUT2D eigenvalue weighted by Crippen LogP contribution is 2.24. The Bertz CT molecular complexity index is 1100. The van der Waals surface area contributed by atoms with Crippen molar-refractivity contribution >= 4 is 17.7 Å². The van der Waals surface area contributed by atoms with E-state index < -0.39 is 42.8 Å². The van der Waals surface area contributed by atoms with Gasteiger partial charge in [0.15, 0.2) is 6.10 Å². The lowest BCUT2D eigenvalue weighted by molar-refractivity contribution is -0.274. The van der Waals surface area contributed by atoms with Crippen LogP contribution in [-0.4, -0.2) is 80.2 Å². The molecule has 0 aliphatic heterocycles. The van der Waals surface area contributed by atoms with Crippen molar-refractivity contribution in [2.75, 3.05) is 44.8 Å². The van der Waals surface area contributed by atoms with Crippen LogP contribution in [0.15, 0.2) is 48.5 Å².